The molecule has 1 amide bonds. The van der Waals surface area contributed by atoms with Crippen molar-refractivity contribution in [1.82, 2.24) is 19.8 Å². The van der Waals surface area contributed by atoms with Gasteiger partial charge in [0, 0.05) is 36.2 Å². The third kappa shape index (κ3) is 4.99. The number of hydrogen-bond acceptors (Lipinski definition) is 4. The summed E-state index contributed by atoms with van der Waals surface area (Å²) in [6.45, 7) is 4.71. The lowest BCUT2D eigenvalue weighted by Crippen LogP contribution is -2.33. The average Bonchev–Trinajstić information content (AvgIpc) is 3.42. The van der Waals surface area contributed by atoms with Crippen molar-refractivity contribution < 1.29 is 9.53 Å². The maximum atomic E-state index is 13.0. The number of amides is 1. The molecule has 194 valence electrons. The first-order valence-electron chi connectivity index (χ1n) is 12.6. The Labute approximate surface area is 228 Å². The molecule has 2 N–H and O–H groups in total. The number of para-hydroxylation sites is 3. The Hall–Kier alpha value is -4.17. The number of carbonyl (C=O) groups is 1. The number of hydrogen-bond donors (Lipinski definition) is 2. The van der Waals surface area contributed by atoms with E-state index in [4.69, 9.17) is 17.0 Å². The molecule has 2 aromatic carbocycles. The number of rotatable bonds is 8. The highest BCUT2D eigenvalue weighted by Crippen LogP contribution is 2.41. The Morgan fingerprint density at radius 2 is 1.79 bits per heavy atom. The SMILES string of the molecule is COc1ccccc1NC(=O)CCN1C(=S)N[C@H](c2ccccn2)[C@@H]1c1cc(C)n(-c2ccccc2)c1C. The van der Waals surface area contributed by atoms with Gasteiger partial charge in [-0.2, -0.15) is 0 Å². The van der Waals surface area contributed by atoms with Crippen LogP contribution in [0.25, 0.3) is 5.69 Å². The number of nitrogens with one attached hydrogen (secondary N) is 2. The van der Waals surface area contributed by atoms with E-state index in [-0.39, 0.29) is 24.4 Å². The van der Waals surface area contributed by atoms with Crippen molar-refractivity contribution in [3.63, 3.8) is 0 Å². The molecule has 2 atom stereocenters. The molecule has 0 spiro atoms. The highest BCUT2D eigenvalue weighted by Gasteiger charge is 2.41. The Kier molecular flexibility index (Phi) is 7.42. The van der Waals surface area contributed by atoms with Gasteiger partial charge in [-0.25, -0.2) is 0 Å². The van der Waals surface area contributed by atoms with Crippen LogP contribution in [0.5, 0.6) is 5.75 Å². The normalized spacial score (nSPS) is 16.8. The van der Waals surface area contributed by atoms with Crippen LogP contribution >= 0.6 is 12.2 Å². The van der Waals surface area contributed by atoms with Crippen LogP contribution in [0.1, 0.15) is 41.1 Å². The molecule has 0 bridgehead atoms. The van der Waals surface area contributed by atoms with Crippen molar-refractivity contribution in [3.05, 3.63) is 108 Å². The second kappa shape index (κ2) is 11.1. The quantitative estimate of drug-likeness (QED) is 0.296. The predicted molar refractivity (Wildman–Crippen MR) is 154 cm³/mol. The summed E-state index contributed by atoms with van der Waals surface area (Å²) in [5.41, 5.74) is 6.09. The van der Waals surface area contributed by atoms with Crippen LogP contribution in [0, 0.1) is 13.8 Å². The first-order chi connectivity index (χ1) is 18.5. The minimum absolute atomic E-state index is 0.105. The van der Waals surface area contributed by atoms with Gasteiger partial charge in [-0.15, -0.1) is 0 Å². The molecular formula is C30H31N5O2S. The van der Waals surface area contributed by atoms with E-state index in [2.05, 4.69) is 57.1 Å². The average molecular weight is 526 g/mol. The van der Waals surface area contributed by atoms with Gasteiger partial charge in [-0.1, -0.05) is 36.4 Å². The lowest BCUT2D eigenvalue weighted by atomic mass is 9.96. The van der Waals surface area contributed by atoms with Crippen molar-refractivity contribution in [2.45, 2.75) is 32.4 Å². The van der Waals surface area contributed by atoms with E-state index >= 15 is 0 Å². The summed E-state index contributed by atoms with van der Waals surface area (Å²) in [6.07, 6.45) is 2.07. The Balaban J connectivity index is 1.45. The standard InChI is InChI=1S/C30H31N5O2S/c1-20-19-23(21(2)35(20)22-11-5-4-6-12-22)29-28(25-14-9-10-17-31-25)33-30(38)34(29)18-16-27(36)32-24-13-7-8-15-26(24)37-3/h4-15,17,19,28-29H,16,18H2,1-3H3,(H,32,36)(H,33,38)/t28-,29+/m1/s1. The maximum Gasteiger partial charge on any atom is 0.226 e. The monoisotopic (exact) mass is 525 g/mol. The summed E-state index contributed by atoms with van der Waals surface area (Å²) in [6, 6.07) is 25.6. The third-order valence-corrected chi connectivity index (χ3v) is 7.31. The zero-order valence-electron chi connectivity index (χ0n) is 21.7. The molecule has 8 heteroatoms. The van der Waals surface area contributed by atoms with Gasteiger partial charge in [-0.3, -0.25) is 9.78 Å². The number of aromatic nitrogens is 2. The van der Waals surface area contributed by atoms with E-state index in [1.165, 1.54) is 0 Å². The van der Waals surface area contributed by atoms with E-state index in [1.807, 2.05) is 60.7 Å². The second-order valence-corrected chi connectivity index (χ2v) is 9.70. The first kappa shape index (κ1) is 25.5. The largest absolute Gasteiger partial charge is 0.495 e. The predicted octanol–water partition coefficient (Wildman–Crippen LogP) is 5.50. The zero-order chi connectivity index (χ0) is 26.6. The maximum absolute atomic E-state index is 13.0. The molecule has 1 aliphatic rings. The molecule has 1 aliphatic heterocycles. The number of thiocarbonyl (C=S) groups is 1. The van der Waals surface area contributed by atoms with Crippen LogP contribution in [-0.4, -0.2) is 39.1 Å². The lowest BCUT2D eigenvalue weighted by Gasteiger charge is -2.28. The fourth-order valence-electron chi connectivity index (χ4n) is 5.23. The van der Waals surface area contributed by atoms with Gasteiger partial charge in [0.05, 0.1) is 30.6 Å². The van der Waals surface area contributed by atoms with Crippen LogP contribution in [0.4, 0.5) is 5.69 Å². The van der Waals surface area contributed by atoms with E-state index < -0.39 is 0 Å². The minimum atomic E-state index is -0.147. The Morgan fingerprint density at radius 3 is 2.53 bits per heavy atom. The van der Waals surface area contributed by atoms with Crippen molar-refractivity contribution in [2.24, 2.45) is 0 Å². The van der Waals surface area contributed by atoms with E-state index in [0.717, 1.165) is 28.3 Å². The molecule has 5 rings (SSSR count). The van der Waals surface area contributed by atoms with Gasteiger partial charge in [0.25, 0.3) is 0 Å². The van der Waals surface area contributed by atoms with Gasteiger partial charge in [0.1, 0.15) is 5.75 Å². The molecule has 3 heterocycles. The first-order valence-corrected chi connectivity index (χ1v) is 13.0. The van der Waals surface area contributed by atoms with Crippen LogP contribution in [0.3, 0.4) is 0 Å². The number of ether oxygens (including phenoxy) is 1. The van der Waals surface area contributed by atoms with Crippen molar-refractivity contribution in [1.29, 1.82) is 0 Å². The number of benzene rings is 2. The molecule has 7 nitrogen and oxygen atoms in total. The summed E-state index contributed by atoms with van der Waals surface area (Å²) in [4.78, 5) is 19.7. The van der Waals surface area contributed by atoms with Gasteiger partial charge < -0.3 is 24.8 Å². The zero-order valence-corrected chi connectivity index (χ0v) is 22.5. The molecule has 2 aromatic heterocycles. The molecule has 0 aliphatic carbocycles. The number of anilines is 1. The molecule has 0 unspecified atom stereocenters. The smallest absolute Gasteiger partial charge is 0.226 e. The summed E-state index contributed by atoms with van der Waals surface area (Å²) >= 11 is 5.82. The van der Waals surface area contributed by atoms with Crippen molar-refractivity contribution in [3.8, 4) is 11.4 Å². The van der Waals surface area contributed by atoms with Crippen LogP contribution < -0.4 is 15.4 Å². The fraction of sp³-hybridized carbons (Fsp3) is 0.233. The molecule has 1 fully saturated rings. The fourth-order valence-corrected chi connectivity index (χ4v) is 5.56. The van der Waals surface area contributed by atoms with Crippen LogP contribution in [0.15, 0.2) is 85.1 Å². The summed E-state index contributed by atoms with van der Waals surface area (Å²) in [5, 5.41) is 7.07. The van der Waals surface area contributed by atoms with Crippen molar-refractivity contribution >= 4 is 28.9 Å². The highest BCUT2D eigenvalue weighted by atomic mass is 32.1. The molecule has 4 aromatic rings. The molecular weight excluding hydrogens is 494 g/mol. The number of aryl methyl sites for hydroxylation is 1. The minimum Gasteiger partial charge on any atom is -0.495 e. The van der Waals surface area contributed by atoms with E-state index in [9.17, 15) is 4.79 Å². The van der Waals surface area contributed by atoms with Crippen LogP contribution in [0.2, 0.25) is 0 Å². The van der Waals surface area contributed by atoms with Gasteiger partial charge in [0.15, 0.2) is 5.11 Å². The number of nitrogens with zero attached hydrogens (tertiary/aromatic N) is 3. The third-order valence-electron chi connectivity index (χ3n) is 6.96. The molecule has 0 radical (unpaired) electrons. The van der Waals surface area contributed by atoms with E-state index in [1.54, 1.807) is 13.3 Å². The van der Waals surface area contributed by atoms with E-state index in [0.29, 0.717) is 23.1 Å². The van der Waals surface area contributed by atoms with Gasteiger partial charge >= 0.3 is 0 Å². The molecule has 1 saturated heterocycles. The Morgan fingerprint density at radius 1 is 1.05 bits per heavy atom. The summed E-state index contributed by atoms with van der Waals surface area (Å²) in [7, 11) is 1.59. The lowest BCUT2D eigenvalue weighted by molar-refractivity contribution is -0.116. The summed E-state index contributed by atoms with van der Waals surface area (Å²) < 4.78 is 7.64. The van der Waals surface area contributed by atoms with Crippen molar-refractivity contribution in [2.75, 3.05) is 19.0 Å². The topological polar surface area (TPSA) is 71.4 Å². The number of pyridine rings is 1. The molecule has 0 saturated carbocycles. The second-order valence-electron chi connectivity index (χ2n) is 9.32. The number of methoxy groups -OCH3 is 1. The highest BCUT2D eigenvalue weighted by molar-refractivity contribution is 7.80. The van der Waals surface area contributed by atoms with Gasteiger partial charge in [-0.05, 0) is 74.1 Å². The number of carbonyl (C=O) groups excluding carboxylic acids is 1. The molecule has 38 heavy (non-hydrogen) atoms. The Bertz CT molecular complexity index is 1440. The van der Waals surface area contributed by atoms with Gasteiger partial charge in [0.2, 0.25) is 5.91 Å². The van der Waals surface area contributed by atoms with Crippen LogP contribution in [-0.2, 0) is 4.79 Å². The summed E-state index contributed by atoms with van der Waals surface area (Å²) in [5.74, 6) is 0.521.